The maximum Gasteiger partial charge on any atom is 0.309 e. The Morgan fingerprint density at radius 2 is 1.05 bits per heavy atom. The fourth-order valence-corrected chi connectivity index (χ4v) is 5.18. The summed E-state index contributed by atoms with van der Waals surface area (Å²) in [6.07, 6.45) is 19.3. The number of hydrogen-bond acceptors (Lipinski definition) is 2. The first kappa shape index (κ1) is 16.3. The minimum atomic E-state index is 0.186. The summed E-state index contributed by atoms with van der Waals surface area (Å²) >= 11 is 0. The van der Waals surface area contributed by atoms with E-state index in [2.05, 4.69) is 0 Å². The molecule has 0 aliphatic heterocycles. The second-order valence-electron chi connectivity index (χ2n) is 8.02. The molecule has 0 radical (unpaired) electrons. The average molecular weight is 306 g/mol. The van der Waals surface area contributed by atoms with Crippen LogP contribution in [0.2, 0.25) is 0 Å². The fourth-order valence-electron chi connectivity index (χ4n) is 5.18. The molecule has 0 atom stereocenters. The second-order valence-corrected chi connectivity index (χ2v) is 8.02. The summed E-state index contributed by atoms with van der Waals surface area (Å²) < 4.78 is 6.02. The van der Waals surface area contributed by atoms with Crippen molar-refractivity contribution in [1.29, 1.82) is 0 Å². The van der Waals surface area contributed by atoms with Gasteiger partial charge in [0.25, 0.3) is 0 Å². The summed E-state index contributed by atoms with van der Waals surface area (Å²) in [5.41, 5.74) is 0. The number of carbonyl (C=O) groups is 1. The number of rotatable bonds is 4. The third-order valence-corrected chi connectivity index (χ3v) is 6.42. The van der Waals surface area contributed by atoms with Gasteiger partial charge in [-0.1, -0.05) is 44.9 Å². The number of carbonyl (C=O) groups excluding carboxylic acids is 1. The van der Waals surface area contributed by atoms with Gasteiger partial charge < -0.3 is 4.74 Å². The molecular weight excluding hydrogens is 272 g/mol. The molecule has 0 unspecified atom stereocenters. The summed E-state index contributed by atoms with van der Waals surface area (Å²) in [5, 5.41) is 0. The lowest BCUT2D eigenvalue weighted by Crippen LogP contribution is -2.37. The Morgan fingerprint density at radius 3 is 1.50 bits per heavy atom. The van der Waals surface area contributed by atoms with E-state index in [0.717, 1.165) is 12.8 Å². The highest BCUT2D eigenvalue weighted by atomic mass is 16.5. The van der Waals surface area contributed by atoms with E-state index < -0.39 is 0 Å². The van der Waals surface area contributed by atoms with Crippen molar-refractivity contribution < 1.29 is 9.53 Å². The van der Waals surface area contributed by atoms with Crippen molar-refractivity contribution in [3.63, 3.8) is 0 Å². The Balaban J connectivity index is 1.64. The van der Waals surface area contributed by atoms with Crippen molar-refractivity contribution in [3.8, 4) is 0 Å². The Bertz CT molecular complexity index is 316. The number of ether oxygens (including phenoxy) is 1. The van der Waals surface area contributed by atoms with Gasteiger partial charge in [0.1, 0.15) is 6.10 Å². The van der Waals surface area contributed by atoms with Gasteiger partial charge >= 0.3 is 5.97 Å². The zero-order valence-corrected chi connectivity index (χ0v) is 14.2. The van der Waals surface area contributed by atoms with Crippen LogP contribution in [0.25, 0.3) is 0 Å². The Morgan fingerprint density at radius 1 is 0.636 bits per heavy atom. The molecular formula is C20H34O2. The SMILES string of the molecule is O=C(OC1CCCCC1)C(C1CCCCC1)C1CCCCC1. The summed E-state index contributed by atoms with van der Waals surface area (Å²) in [6.45, 7) is 0. The molecule has 126 valence electrons. The van der Waals surface area contributed by atoms with Crippen LogP contribution in [0.15, 0.2) is 0 Å². The molecule has 0 amide bonds. The van der Waals surface area contributed by atoms with Crippen LogP contribution < -0.4 is 0 Å². The lowest BCUT2D eigenvalue weighted by molar-refractivity contribution is -0.161. The first-order valence-electron chi connectivity index (χ1n) is 10.0. The summed E-state index contributed by atoms with van der Waals surface area (Å²) in [5.74, 6) is 1.65. The van der Waals surface area contributed by atoms with Gasteiger partial charge in [0.05, 0.1) is 5.92 Å². The predicted octanol–water partition coefficient (Wildman–Crippen LogP) is 5.64. The summed E-state index contributed by atoms with van der Waals surface area (Å²) in [6, 6.07) is 0. The molecule has 3 fully saturated rings. The van der Waals surface area contributed by atoms with Gasteiger partial charge in [0, 0.05) is 0 Å². The normalized spacial score (nSPS) is 26.2. The van der Waals surface area contributed by atoms with Crippen LogP contribution in [0.1, 0.15) is 96.3 Å². The topological polar surface area (TPSA) is 26.3 Å². The van der Waals surface area contributed by atoms with E-state index in [0.29, 0.717) is 11.8 Å². The van der Waals surface area contributed by atoms with Gasteiger partial charge in [-0.3, -0.25) is 4.79 Å². The molecule has 3 rings (SSSR count). The lowest BCUT2D eigenvalue weighted by atomic mass is 9.69. The van der Waals surface area contributed by atoms with Crippen molar-refractivity contribution in [2.75, 3.05) is 0 Å². The van der Waals surface area contributed by atoms with E-state index in [1.165, 1.54) is 83.5 Å². The fraction of sp³-hybridized carbons (Fsp3) is 0.950. The molecule has 0 saturated heterocycles. The maximum atomic E-state index is 13.0. The lowest BCUT2D eigenvalue weighted by Gasteiger charge is -2.37. The molecule has 0 spiro atoms. The van der Waals surface area contributed by atoms with E-state index in [-0.39, 0.29) is 18.0 Å². The van der Waals surface area contributed by atoms with Crippen LogP contribution in [0.5, 0.6) is 0 Å². The van der Waals surface area contributed by atoms with Gasteiger partial charge in [-0.25, -0.2) is 0 Å². The van der Waals surface area contributed by atoms with Gasteiger partial charge in [-0.2, -0.15) is 0 Å². The third kappa shape index (κ3) is 4.26. The van der Waals surface area contributed by atoms with E-state index >= 15 is 0 Å². The van der Waals surface area contributed by atoms with Gasteiger partial charge in [0.15, 0.2) is 0 Å². The van der Waals surface area contributed by atoms with Crippen molar-refractivity contribution in [1.82, 2.24) is 0 Å². The maximum absolute atomic E-state index is 13.0. The van der Waals surface area contributed by atoms with E-state index in [1.54, 1.807) is 0 Å². The largest absolute Gasteiger partial charge is 0.462 e. The average Bonchev–Trinajstić information content (AvgIpc) is 2.58. The molecule has 3 saturated carbocycles. The molecule has 2 nitrogen and oxygen atoms in total. The van der Waals surface area contributed by atoms with Crippen LogP contribution in [0.4, 0.5) is 0 Å². The van der Waals surface area contributed by atoms with Crippen molar-refractivity contribution >= 4 is 5.97 Å². The van der Waals surface area contributed by atoms with Crippen LogP contribution in [0.3, 0.4) is 0 Å². The zero-order chi connectivity index (χ0) is 15.2. The third-order valence-electron chi connectivity index (χ3n) is 6.42. The summed E-state index contributed by atoms with van der Waals surface area (Å²) in [7, 11) is 0. The molecule has 0 aromatic heterocycles. The first-order chi connectivity index (χ1) is 10.8. The van der Waals surface area contributed by atoms with E-state index in [1.807, 2.05) is 0 Å². The highest BCUT2D eigenvalue weighted by Gasteiger charge is 2.38. The molecule has 3 aliphatic rings. The number of hydrogen-bond donors (Lipinski definition) is 0. The molecule has 0 N–H and O–H groups in total. The molecule has 0 aromatic carbocycles. The quantitative estimate of drug-likeness (QED) is 0.628. The highest BCUT2D eigenvalue weighted by Crippen LogP contribution is 2.41. The van der Waals surface area contributed by atoms with Crippen molar-refractivity contribution in [2.45, 2.75) is 102 Å². The minimum Gasteiger partial charge on any atom is -0.462 e. The van der Waals surface area contributed by atoms with E-state index in [9.17, 15) is 4.79 Å². The molecule has 3 aliphatic carbocycles. The van der Waals surface area contributed by atoms with Gasteiger partial charge in [0.2, 0.25) is 0 Å². The minimum absolute atomic E-state index is 0.186. The molecule has 0 heterocycles. The van der Waals surface area contributed by atoms with Gasteiger partial charge in [-0.15, -0.1) is 0 Å². The Kier molecular flexibility index (Phi) is 6.20. The van der Waals surface area contributed by atoms with Crippen molar-refractivity contribution in [3.05, 3.63) is 0 Å². The summed E-state index contributed by atoms with van der Waals surface area (Å²) in [4.78, 5) is 13.0. The smallest absolute Gasteiger partial charge is 0.309 e. The predicted molar refractivity (Wildman–Crippen MR) is 89.6 cm³/mol. The Labute approximate surface area is 136 Å². The molecule has 2 heteroatoms. The highest BCUT2D eigenvalue weighted by molar-refractivity contribution is 5.73. The monoisotopic (exact) mass is 306 g/mol. The van der Waals surface area contributed by atoms with Crippen LogP contribution in [-0.2, 0) is 9.53 Å². The Hall–Kier alpha value is -0.530. The van der Waals surface area contributed by atoms with Crippen LogP contribution in [-0.4, -0.2) is 12.1 Å². The molecule has 22 heavy (non-hydrogen) atoms. The van der Waals surface area contributed by atoms with Crippen LogP contribution in [0, 0.1) is 17.8 Å². The molecule has 0 bridgehead atoms. The zero-order valence-electron chi connectivity index (χ0n) is 14.2. The molecule has 0 aromatic rings. The standard InChI is InChI=1S/C20H34O2/c21-20(22-18-14-8-3-9-15-18)19(16-10-4-1-5-11-16)17-12-6-2-7-13-17/h16-19H,1-15H2. The van der Waals surface area contributed by atoms with E-state index in [4.69, 9.17) is 4.74 Å². The number of esters is 1. The van der Waals surface area contributed by atoms with Crippen molar-refractivity contribution in [2.24, 2.45) is 17.8 Å². The second kappa shape index (κ2) is 8.36. The van der Waals surface area contributed by atoms with Gasteiger partial charge in [-0.05, 0) is 63.2 Å². The first-order valence-corrected chi connectivity index (χ1v) is 10.0. The van der Waals surface area contributed by atoms with Crippen LogP contribution >= 0.6 is 0 Å².